The molecule has 3 heterocycles. The number of carbonyl (C=O) groups excluding carboxylic acids is 2. The van der Waals surface area contributed by atoms with Gasteiger partial charge in [-0.15, -0.1) is 0 Å². The fourth-order valence-electron chi connectivity index (χ4n) is 4.06. The lowest BCUT2D eigenvalue weighted by atomic mass is 9.99. The summed E-state index contributed by atoms with van der Waals surface area (Å²) in [5.74, 6) is -0.960. The maximum absolute atomic E-state index is 13.6. The quantitative estimate of drug-likeness (QED) is 0.755. The van der Waals surface area contributed by atoms with Gasteiger partial charge in [-0.05, 0) is 39.0 Å². The van der Waals surface area contributed by atoms with Crippen LogP contribution in [0.3, 0.4) is 0 Å². The minimum Gasteiger partial charge on any atom is -0.317 e. The predicted molar refractivity (Wildman–Crippen MR) is 108 cm³/mol. The Bertz CT molecular complexity index is 1120. The zero-order chi connectivity index (χ0) is 22.5. The van der Waals surface area contributed by atoms with E-state index in [1.165, 1.54) is 17.2 Å². The molecule has 9 nitrogen and oxygen atoms in total. The van der Waals surface area contributed by atoms with Crippen molar-refractivity contribution in [2.75, 3.05) is 12.4 Å². The fraction of sp³-hybridized carbons (Fsp3) is 0.429. The molecular formula is C21H23FN6O3. The molecule has 2 aliphatic rings. The average molecular weight is 426 g/mol. The molecule has 0 aliphatic carbocycles. The molecule has 3 amide bonds. The summed E-state index contributed by atoms with van der Waals surface area (Å²) in [6.07, 6.45) is 0.494. The number of nitrogens with one attached hydrogen (secondary N) is 1. The monoisotopic (exact) mass is 426 g/mol. The van der Waals surface area contributed by atoms with Crippen LogP contribution in [0.4, 0.5) is 14.9 Å². The minimum absolute atomic E-state index is 0.148. The molecule has 1 N–H and O–H groups in total. The van der Waals surface area contributed by atoms with E-state index in [1.807, 2.05) is 20.8 Å². The maximum atomic E-state index is 13.6. The second-order valence-corrected chi connectivity index (χ2v) is 8.50. The number of anilines is 1. The molecule has 1 atom stereocenters. The van der Waals surface area contributed by atoms with Crippen molar-refractivity contribution in [2.24, 2.45) is 0 Å². The number of rotatable bonds is 1. The second kappa shape index (κ2) is 7.35. The summed E-state index contributed by atoms with van der Waals surface area (Å²) in [5.41, 5.74) is 1.46. The van der Waals surface area contributed by atoms with E-state index in [4.69, 9.17) is 10.1 Å². The van der Waals surface area contributed by atoms with Crippen molar-refractivity contribution < 1.29 is 18.8 Å². The van der Waals surface area contributed by atoms with Crippen LogP contribution >= 0.6 is 0 Å². The number of carbonyl (C=O) groups is 2. The zero-order valence-corrected chi connectivity index (χ0v) is 17.8. The van der Waals surface area contributed by atoms with Crippen molar-refractivity contribution in [3.63, 3.8) is 0 Å². The molecule has 31 heavy (non-hydrogen) atoms. The van der Waals surface area contributed by atoms with E-state index < -0.39 is 17.4 Å². The Morgan fingerprint density at radius 3 is 2.87 bits per heavy atom. The SMILES string of the molecule is C[C@@H]1Cc2nn3c(c2CN1C(=O)Nc1ccc(F)c(C#N)c1)C(=O)N(C)OC(C)(C)C3. The largest absolute Gasteiger partial charge is 0.322 e. The van der Waals surface area contributed by atoms with Gasteiger partial charge in [0.15, 0.2) is 0 Å². The van der Waals surface area contributed by atoms with Gasteiger partial charge in [0.2, 0.25) is 0 Å². The first-order chi connectivity index (χ1) is 14.6. The summed E-state index contributed by atoms with van der Waals surface area (Å²) in [7, 11) is 1.57. The van der Waals surface area contributed by atoms with Crippen LogP contribution in [-0.4, -0.2) is 50.4 Å². The van der Waals surface area contributed by atoms with Gasteiger partial charge in [-0.3, -0.25) is 14.3 Å². The van der Waals surface area contributed by atoms with Crippen LogP contribution in [0.5, 0.6) is 0 Å². The van der Waals surface area contributed by atoms with Gasteiger partial charge < -0.3 is 10.2 Å². The molecule has 4 rings (SSSR count). The van der Waals surface area contributed by atoms with Gasteiger partial charge >= 0.3 is 6.03 Å². The Hall–Kier alpha value is -3.45. The van der Waals surface area contributed by atoms with E-state index in [2.05, 4.69) is 10.4 Å². The van der Waals surface area contributed by atoms with Crippen molar-refractivity contribution in [3.8, 4) is 6.07 Å². The highest BCUT2D eigenvalue weighted by molar-refractivity contribution is 5.94. The number of hydroxylamine groups is 2. The van der Waals surface area contributed by atoms with Gasteiger partial charge in [0.05, 0.1) is 24.3 Å². The first kappa shape index (κ1) is 20.8. The molecule has 0 bridgehead atoms. The highest BCUT2D eigenvalue weighted by Gasteiger charge is 2.39. The second-order valence-electron chi connectivity index (χ2n) is 8.50. The number of fused-ring (bicyclic) bond motifs is 3. The molecule has 1 aromatic carbocycles. The lowest BCUT2D eigenvalue weighted by Crippen LogP contribution is -2.45. The number of amides is 3. The van der Waals surface area contributed by atoms with Crippen molar-refractivity contribution in [3.05, 3.63) is 46.5 Å². The molecular weight excluding hydrogens is 403 g/mol. The average Bonchev–Trinajstić information content (AvgIpc) is 2.99. The van der Waals surface area contributed by atoms with Gasteiger partial charge in [-0.2, -0.15) is 10.4 Å². The summed E-state index contributed by atoms with van der Waals surface area (Å²) < 4.78 is 15.2. The lowest BCUT2D eigenvalue weighted by Gasteiger charge is -2.33. The topological polar surface area (TPSA) is 103 Å². The van der Waals surface area contributed by atoms with E-state index in [9.17, 15) is 14.0 Å². The molecule has 0 unspecified atom stereocenters. The van der Waals surface area contributed by atoms with Gasteiger partial charge in [-0.1, -0.05) is 0 Å². The minimum atomic E-state index is -0.646. The van der Waals surface area contributed by atoms with Gasteiger partial charge in [0.25, 0.3) is 5.91 Å². The summed E-state index contributed by atoms with van der Waals surface area (Å²) in [5, 5.41) is 17.6. The number of nitrogens with zero attached hydrogens (tertiary/aromatic N) is 5. The number of nitriles is 1. The summed E-state index contributed by atoms with van der Waals surface area (Å²) in [4.78, 5) is 33.3. The molecule has 0 fully saturated rings. The number of halogens is 1. The molecule has 0 radical (unpaired) electrons. The molecule has 2 aliphatic heterocycles. The third-order valence-electron chi connectivity index (χ3n) is 5.49. The highest BCUT2D eigenvalue weighted by Crippen LogP contribution is 2.31. The molecule has 2 aromatic rings. The summed E-state index contributed by atoms with van der Waals surface area (Å²) in [6.45, 7) is 6.27. The van der Waals surface area contributed by atoms with Crippen LogP contribution in [0.15, 0.2) is 18.2 Å². The van der Waals surface area contributed by atoms with E-state index in [0.29, 0.717) is 29.9 Å². The molecule has 162 valence electrons. The van der Waals surface area contributed by atoms with Crippen LogP contribution in [0, 0.1) is 17.1 Å². The normalized spacial score (nSPS) is 19.9. The Balaban J connectivity index is 1.63. The molecule has 0 saturated heterocycles. The number of hydrogen-bond donors (Lipinski definition) is 1. The number of urea groups is 1. The Labute approximate surface area is 178 Å². The van der Waals surface area contributed by atoms with Gasteiger partial charge in [0, 0.05) is 30.8 Å². The van der Waals surface area contributed by atoms with Crippen LogP contribution in [-0.2, 0) is 24.3 Å². The fourth-order valence-corrected chi connectivity index (χ4v) is 4.06. The number of hydrogen-bond acceptors (Lipinski definition) is 5. The molecule has 10 heteroatoms. The maximum Gasteiger partial charge on any atom is 0.322 e. The van der Waals surface area contributed by atoms with E-state index in [1.54, 1.807) is 22.7 Å². The van der Waals surface area contributed by atoms with Crippen LogP contribution < -0.4 is 5.32 Å². The smallest absolute Gasteiger partial charge is 0.317 e. The van der Waals surface area contributed by atoms with Gasteiger partial charge in [0.1, 0.15) is 23.2 Å². The van der Waals surface area contributed by atoms with Crippen molar-refractivity contribution in [2.45, 2.75) is 51.9 Å². The molecule has 1 aromatic heterocycles. The Morgan fingerprint density at radius 2 is 2.16 bits per heavy atom. The lowest BCUT2D eigenvalue weighted by molar-refractivity contribution is -0.190. The Morgan fingerprint density at radius 1 is 1.42 bits per heavy atom. The molecule has 0 saturated carbocycles. The summed E-state index contributed by atoms with van der Waals surface area (Å²) in [6, 6.07) is 5.02. The van der Waals surface area contributed by atoms with Crippen LogP contribution in [0.1, 0.15) is 48.1 Å². The van der Waals surface area contributed by atoms with Gasteiger partial charge in [-0.25, -0.2) is 14.2 Å². The molecule has 0 spiro atoms. The first-order valence-corrected chi connectivity index (χ1v) is 9.92. The van der Waals surface area contributed by atoms with Crippen molar-refractivity contribution in [1.82, 2.24) is 19.7 Å². The van der Waals surface area contributed by atoms with Crippen molar-refractivity contribution >= 4 is 17.6 Å². The van der Waals surface area contributed by atoms with Crippen LogP contribution in [0.25, 0.3) is 0 Å². The standard InChI is InChI=1S/C21H23FN6O3/c1-12-7-17-15(18-19(29)26(4)31-21(2,3)11-28(18)25-17)10-27(12)20(30)24-14-5-6-16(22)13(8-14)9-23/h5-6,8,12H,7,10-11H2,1-4H3,(H,24,30)/t12-/m1/s1. The summed E-state index contributed by atoms with van der Waals surface area (Å²) >= 11 is 0. The highest BCUT2D eigenvalue weighted by atomic mass is 19.1. The van der Waals surface area contributed by atoms with Crippen molar-refractivity contribution in [1.29, 1.82) is 5.26 Å². The van der Waals surface area contributed by atoms with E-state index >= 15 is 0 Å². The van der Waals surface area contributed by atoms with E-state index in [0.717, 1.165) is 11.8 Å². The van der Waals surface area contributed by atoms with Crippen LogP contribution in [0.2, 0.25) is 0 Å². The third-order valence-corrected chi connectivity index (χ3v) is 5.49. The predicted octanol–water partition coefficient (Wildman–Crippen LogP) is 2.67. The van der Waals surface area contributed by atoms with E-state index in [-0.39, 0.29) is 24.1 Å². The Kier molecular flexibility index (Phi) is 4.94. The third kappa shape index (κ3) is 3.72. The number of benzene rings is 1. The zero-order valence-electron chi connectivity index (χ0n) is 17.8. The number of aromatic nitrogens is 2. The first-order valence-electron chi connectivity index (χ1n) is 9.92.